The first-order valence-corrected chi connectivity index (χ1v) is 15.7. The number of anilines is 3. The number of likely N-dealkylation sites (N-methyl/N-ethyl adjacent to an activating group) is 2. The van der Waals surface area contributed by atoms with E-state index in [0.29, 0.717) is 36.8 Å². The molecule has 1 aromatic heterocycles. The highest BCUT2D eigenvalue weighted by atomic mass is 19.4. The van der Waals surface area contributed by atoms with Crippen molar-refractivity contribution in [3.63, 3.8) is 0 Å². The number of benzene rings is 1. The minimum absolute atomic E-state index is 0.00995. The number of alkyl halides is 3. The van der Waals surface area contributed by atoms with Crippen molar-refractivity contribution in [3.8, 4) is 0 Å². The molecule has 246 valence electrons. The molecule has 1 aromatic carbocycles. The number of aromatic nitrogens is 1. The average Bonchev–Trinajstić information content (AvgIpc) is 3.25. The number of carbonyl (C=O) groups is 3. The standard InChI is InChI=1S/C34H41F3N6O3/c1-20-8-7-9-26-29(20)41(16-23-13-33(14-23)18-42(19-33)31(45)21(2)15-39(4)5)17-24-11-28(44)43(30(24)32(46)40(26)6)27-12-25(34(35,36)37)10-22(3)38-27/h7-10,12,23-24,30H,2,11,13-19H2,1,3-6H3/t24-,30+/m1/s1. The minimum atomic E-state index is -4.62. The van der Waals surface area contributed by atoms with Crippen molar-refractivity contribution < 1.29 is 27.6 Å². The number of para-hydroxylation sites is 1. The molecular weight excluding hydrogens is 597 g/mol. The van der Waals surface area contributed by atoms with Crippen molar-refractivity contribution >= 4 is 34.9 Å². The van der Waals surface area contributed by atoms with Gasteiger partial charge in [0.25, 0.3) is 5.91 Å². The summed E-state index contributed by atoms with van der Waals surface area (Å²) in [5.41, 5.74) is 2.54. The van der Waals surface area contributed by atoms with Crippen molar-refractivity contribution in [1.82, 2.24) is 14.8 Å². The van der Waals surface area contributed by atoms with Crippen molar-refractivity contribution in [2.24, 2.45) is 17.3 Å². The summed E-state index contributed by atoms with van der Waals surface area (Å²) in [6, 6.07) is 6.58. The third-order valence-corrected chi connectivity index (χ3v) is 9.95. The highest BCUT2D eigenvalue weighted by Gasteiger charge is 2.55. The average molecular weight is 639 g/mol. The van der Waals surface area contributed by atoms with Gasteiger partial charge in [0, 0.05) is 68.8 Å². The molecule has 3 aliphatic heterocycles. The van der Waals surface area contributed by atoms with E-state index in [2.05, 4.69) is 16.5 Å². The van der Waals surface area contributed by atoms with E-state index in [1.54, 1.807) is 7.05 Å². The summed E-state index contributed by atoms with van der Waals surface area (Å²) < 4.78 is 41.2. The van der Waals surface area contributed by atoms with E-state index in [4.69, 9.17) is 0 Å². The molecule has 46 heavy (non-hydrogen) atoms. The molecule has 4 aliphatic rings. The summed E-state index contributed by atoms with van der Waals surface area (Å²) in [6.45, 7) is 10.5. The molecule has 1 spiro atoms. The molecule has 3 fully saturated rings. The zero-order valence-electron chi connectivity index (χ0n) is 27.0. The third-order valence-electron chi connectivity index (χ3n) is 9.95. The summed E-state index contributed by atoms with van der Waals surface area (Å²) in [6.07, 6.45) is -2.65. The Labute approximate surface area is 267 Å². The fourth-order valence-corrected chi connectivity index (χ4v) is 8.11. The summed E-state index contributed by atoms with van der Waals surface area (Å²) in [7, 11) is 5.49. The Morgan fingerprint density at radius 1 is 1.13 bits per heavy atom. The number of amides is 3. The molecule has 0 N–H and O–H groups in total. The van der Waals surface area contributed by atoms with Crippen LogP contribution in [0.4, 0.5) is 30.4 Å². The zero-order valence-corrected chi connectivity index (χ0v) is 27.0. The zero-order chi connectivity index (χ0) is 33.3. The lowest BCUT2D eigenvalue weighted by molar-refractivity contribution is -0.150. The van der Waals surface area contributed by atoms with Gasteiger partial charge in [-0.25, -0.2) is 4.98 Å². The number of rotatable bonds is 6. The molecule has 1 saturated carbocycles. The number of hydrogen-bond donors (Lipinski definition) is 0. The van der Waals surface area contributed by atoms with Crippen LogP contribution in [0.5, 0.6) is 0 Å². The Bertz CT molecular complexity index is 1590. The second-order valence-electron chi connectivity index (χ2n) is 14.0. The molecule has 1 aliphatic carbocycles. The fourth-order valence-electron chi connectivity index (χ4n) is 8.11. The molecule has 6 rings (SSSR count). The molecule has 12 heteroatoms. The number of likely N-dealkylation sites (tertiary alicyclic amines) is 1. The second-order valence-corrected chi connectivity index (χ2v) is 14.0. The summed E-state index contributed by atoms with van der Waals surface area (Å²) in [5.74, 6) is -0.993. The van der Waals surface area contributed by atoms with Crippen molar-refractivity contribution in [1.29, 1.82) is 0 Å². The van der Waals surface area contributed by atoms with Crippen LogP contribution in [0.15, 0.2) is 42.5 Å². The van der Waals surface area contributed by atoms with Gasteiger partial charge >= 0.3 is 6.18 Å². The Morgan fingerprint density at radius 3 is 2.48 bits per heavy atom. The number of nitrogens with zero attached hydrogens (tertiary/aromatic N) is 6. The topological polar surface area (TPSA) is 80.3 Å². The van der Waals surface area contributed by atoms with Gasteiger partial charge in [0.1, 0.15) is 11.9 Å². The molecule has 2 aromatic rings. The van der Waals surface area contributed by atoms with Gasteiger partial charge in [-0.2, -0.15) is 13.2 Å². The van der Waals surface area contributed by atoms with Crippen molar-refractivity contribution in [2.75, 3.05) is 68.6 Å². The molecule has 2 saturated heterocycles. The monoisotopic (exact) mass is 638 g/mol. The Hall–Kier alpha value is -3.93. The Balaban J connectivity index is 1.24. The van der Waals surface area contributed by atoms with Crippen LogP contribution in [0, 0.1) is 31.1 Å². The Kier molecular flexibility index (Phi) is 7.93. The smallest absolute Gasteiger partial charge is 0.369 e. The van der Waals surface area contributed by atoms with E-state index < -0.39 is 29.6 Å². The molecule has 9 nitrogen and oxygen atoms in total. The van der Waals surface area contributed by atoms with Crippen molar-refractivity contribution in [3.05, 3.63) is 59.3 Å². The van der Waals surface area contributed by atoms with Crippen LogP contribution in [-0.2, 0) is 20.6 Å². The van der Waals surface area contributed by atoms with Crippen LogP contribution in [0.3, 0.4) is 0 Å². The second kappa shape index (κ2) is 11.4. The van der Waals surface area contributed by atoms with E-state index in [1.807, 2.05) is 49.0 Å². The lowest BCUT2D eigenvalue weighted by Gasteiger charge is -2.60. The van der Waals surface area contributed by atoms with Gasteiger partial charge in [0.05, 0.1) is 16.9 Å². The number of fused-ring (bicyclic) bond motifs is 2. The van der Waals surface area contributed by atoms with E-state index in [1.165, 1.54) is 16.7 Å². The van der Waals surface area contributed by atoms with Gasteiger partial charge in [-0.3, -0.25) is 19.3 Å². The number of aryl methyl sites for hydroxylation is 2. The normalized spacial score (nSPS) is 22.8. The summed E-state index contributed by atoms with van der Waals surface area (Å²) >= 11 is 0. The minimum Gasteiger partial charge on any atom is -0.369 e. The number of carbonyl (C=O) groups excluding carboxylic acids is 3. The van der Waals surface area contributed by atoms with Crippen LogP contribution < -0.4 is 14.7 Å². The van der Waals surface area contributed by atoms with Crippen LogP contribution in [0.2, 0.25) is 0 Å². The predicted octanol–water partition coefficient (Wildman–Crippen LogP) is 4.28. The van der Waals surface area contributed by atoms with Gasteiger partial charge in [-0.15, -0.1) is 0 Å². The number of hydrogen-bond acceptors (Lipinski definition) is 6. The third kappa shape index (κ3) is 5.65. The van der Waals surface area contributed by atoms with Crippen molar-refractivity contribution in [2.45, 2.75) is 45.3 Å². The molecule has 0 unspecified atom stereocenters. The van der Waals surface area contributed by atoms with E-state index >= 15 is 0 Å². The van der Waals surface area contributed by atoms with Crippen LogP contribution in [-0.4, -0.2) is 92.4 Å². The van der Waals surface area contributed by atoms with Gasteiger partial charge in [-0.1, -0.05) is 18.7 Å². The Morgan fingerprint density at radius 2 is 1.83 bits per heavy atom. The fraction of sp³-hybridized carbons (Fsp3) is 0.529. The maximum atomic E-state index is 14.1. The lowest BCUT2D eigenvalue weighted by atomic mass is 9.57. The summed E-state index contributed by atoms with van der Waals surface area (Å²) in [4.78, 5) is 53.5. The molecule has 4 heterocycles. The van der Waals surface area contributed by atoms with Crippen LogP contribution in [0.25, 0.3) is 0 Å². The quantitative estimate of drug-likeness (QED) is 0.440. The maximum absolute atomic E-state index is 14.1. The number of pyridine rings is 1. The maximum Gasteiger partial charge on any atom is 0.416 e. The predicted molar refractivity (Wildman–Crippen MR) is 170 cm³/mol. The lowest BCUT2D eigenvalue weighted by Crippen LogP contribution is -2.65. The molecular formula is C34H41F3N6O3. The van der Waals surface area contributed by atoms with Crippen LogP contribution >= 0.6 is 0 Å². The molecule has 0 bridgehead atoms. The van der Waals surface area contributed by atoms with Crippen LogP contribution in [0.1, 0.15) is 36.1 Å². The first kappa shape index (κ1) is 32.0. The largest absolute Gasteiger partial charge is 0.416 e. The van der Waals surface area contributed by atoms with E-state index in [9.17, 15) is 27.6 Å². The van der Waals surface area contributed by atoms with Gasteiger partial charge < -0.3 is 19.6 Å². The highest BCUT2D eigenvalue weighted by molar-refractivity contribution is 6.10. The van der Waals surface area contributed by atoms with Gasteiger partial charge in [0.2, 0.25) is 11.8 Å². The molecule has 0 radical (unpaired) electrons. The SMILES string of the molecule is C=C(CN(C)C)C(=O)N1CC2(CC(CN3C[C@H]4CC(=O)N(c5cc(C(F)(F)F)cc(C)n5)[C@@H]4C(=O)N(C)c4cccc(C)c43)C2)C1. The highest BCUT2D eigenvalue weighted by Crippen LogP contribution is 2.53. The van der Waals surface area contributed by atoms with Gasteiger partial charge in [-0.05, 0) is 70.5 Å². The van der Waals surface area contributed by atoms with Gasteiger partial charge in [0.15, 0.2) is 0 Å². The first-order valence-electron chi connectivity index (χ1n) is 15.7. The first-order chi connectivity index (χ1) is 21.6. The number of halogens is 3. The molecule has 3 amide bonds. The summed E-state index contributed by atoms with van der Waals surface area (Å²) in [5, 5.41) is 0. The molecule has 2 atom stereocenters. The van der Waals surface area contributed by atoms with E-state index in [0.717, 1.165) is 49.3 Å². The van der Waals surface area contributed by atoms with E-state index in [-0.39, 0.29) is 35.2 Å².